The van der Waals surface area contributed by atoms with Gasteiger partial charge in [-0.25, -0.2) is 4.79 Å². The highest BCUT2D eigenvalue weighted by Gasteiger charge is 2.13. The molecule has 0 aromatic rings. The van der Waals surface area contributed by atoms with Crippen LogP contribution in [0.3, 0.4) is 0 Å². The summed E-state index contributed by atoms with van der Waals surface area (Å²) in [5.74, 6) is 0. The third kappa shape index (κ3) is 9.40. The number of ether oxygens (including phenoxy) is 2. The van der Waals surface area contributed by atoms with Gasteiger partial charge in [0.1, 0.15) is 0 Å². The molecule has 0 spiro atoms. The lowest BCUT2D eigenvalue weighted by atomic mass is 10.5. The van der Waals surface area contributed by atoms with E-state index in [9.17, 15) is 4.79 Å². The van der Waals surface area contributed by atoms with Crippen LogP contribution in [0.5, 0.6) is 0 Å². The molecule has 4 heteroatoms. The van der Waals surface area contributed by atoms with Crippen molar-refractivity contribution in [3.8, 4) is 0 Å². The predicted octanol–water partition coefficient (Wildman–Crippen LogP) is 2.89. The second-order valence-corrected chi connectivity index (χ2v) is 9.88. The van der Waals surface area contributed by atoms with Crippen LogP contribution in [0, 0.1) is 0 Å². The SMILES string of the molecule is CCCOC(=O)OCC[Si](C)(C)C. The van der Waals surface area contributed by atoms with Crippen LogP contribution in [0.25, 0.3) is 0 Å². The molecule has 0 heterocycles. The fraction of sp³-hybridized carbons (Fsp3) is 0.889. The molecule has 0 fully saturated rings. The van der Waals surface area contributed by atoms with Gasteiger partial charge in [0.2, 0.25) is 0 Å². The lowest BCUT2D eigenvalue weighted by Gasteiger charge is -2.14. The lowest BCUT2D eigenvalue weighted by Crippen LogP contribution is -2.23. The number of rotatable bonds is 5. The summed E-state index contributed by atoms with van der Waals surface area (Å²) in [6.07, 6.45) is 0.309. The van der Waals surface area contributed by atoms with E-state index < -0.39 is 14.2 Å². The van der Waals surface area contributed by atoms with Crippen molar-refractivity contribution in [2.24, 2.45) is 0 Å². The molecule has 0 aliphatic rings. The minimum atomic E-state index is -1.09. The smallest absolute Gasteiger partial charge is 0.435 e. The Labute approximate surface area is 81.4 Å². The number of carbonyl (C=O) groups excluding carboxylic acids is 1. The zero-order valence-corrected chi connectivity index (χ0v) is 10.1. The normalized spacial score (nSPS) is 11.1. The van der Waals surface area contributed by atoms with Gasteiger partial charge >= 0.3 is 6.16 Å². The van der Waals surface area contributed by atoms with E-state index >= 15 is 0 Å². The second-order valence-electron chi connectivity index (χ2n) is 4.26. The number of hydrogen-bond donors (Lipinski definition) is 0. The molecule has 0 amide bonds. The summed E-state index contributed by atoms with van der Waals surface area (Å²) in [5, 5.41) is 0. The molecule has 0 radical (unpaired) electrons. The van der Waals surface area contributed by atoms with Crippen LogP contribution in [0.2, 0.25) is 25.7 Å². The van der Waals surface area contributed by atoms with Gasteiger partial charge in [-0.15, -0.1) is 0 Å². The van der Waals surface area contributed by atoms with Crippen LogP contribution in [0.15, 0.2) is 0 Å². The highest BCUT2D eigenvalue weighted by atomic mass is 28.3. The molecule has 0 saturated carbocycles. The first-order valence-corrected chi connectivity index (χ1v) is 8.46. The second kappa shape index (κ2) is 6.02. The van der Waals surface area contributed by atoms with Gasteiger partial charge < -0.3 is 9.47 Å². The van der Waals surface area contributed by atoms with E-state index in [2.05, 4.69) is 19.6 Å². The van der Waals surface area contributed by atoms with Crippen LogP contribution >= 0.6 is 0 Å². The van der Waals surface area contributed by atoms with Crippen molar-refractivity contribution < 1.29 is 14.3 Å². The third-order valence-electron chi connectivity index (χ3n) is 1.50. The molecule has 0 aliphatic carbocycles. The van der Waals surface area contributed by atoms with Gasteiger partial charge in [-0.1, -0.05) is 26.6 Å². The molecule has 0 saturated heterocycles. The first kappa shape index (κ1) is 12.5. The lowest BCUT2D eigenvalue weighted by molar-refractivity contribution is 0.0590. The van der Waals surface area contributed by atoms with E-state index in [0.717, 1.165) is 12.5 Å². The maximum atomic E-state index is 10.9. The van der Waals surface area contributed by atoms with Gasteiger partial charge in [-0.2, -0.15) is 0 Å². The van der Waals surface area contributed by atoms with Gasteiger partial charge in [0.15, 0.2) is 0 Å². The Bertz CT molecular complexity index is 151. The number of carbonyl (C=O) groups is 1. The summed E-state index contributed by atoms with van der Waals surface area (Å²) in [7, 11) is -1.09. The molecule has 13 heavy (non-hydrogen) atoms. The zero-order valence-electron chi connectivity index (χ0n) is 9.05. The van der Waals surface area contributed by atoms with Crippen molar-refractivity contribution in [1.29, 1.82) is 0 Å². The molecule has 0 aromatic carbocycles. The van der Waals surface area contributed by atoms with Gasteiger partial charge in [0.25, 0.3) is 0 Å². The third-order valence-corrected chi connectivity index (χ3v) is 3.20. The van der Waals surface area contributed by atoms with Crippen LogP contribution < -0.4 is 0 Å². The maximum Gasteiger partial charge on any atom is 0.508 e. The van der Waals surface area contributed by atoms with E-state index in [1.807, 2.05) is 6.92 Å². The Kier molecular flexibility index (Phi) is 5.78. The maximum absolute atomic E-state index is 10.9. The summed E-state index contributed by atoms with van der Waals surface area (Å²) < 4.78 is 9.65. The summed E-state index contributed by atoms with van der Waals surface area (Å²) in [6.45, 7) is 9.63. The minimum absolute atomic E-state index is 0.450. The van der Waals surface area contributed by atoms with E-state index in [-0.39, 0.29) is 0 Å². The molecule has 0 aliphatic heterocycles. The van der Waals surface area contributed by atoms with Gasteiger partial charge in [0, 0.05) is 8.07 Å². The summed E-state index contributed by atoms with van der Waals surface area (Å²) in [4.78, 5) is 10.9. The fourth-order valence-corrected chi connectivity index (χ4v) is 1.38. The van der Waals surface area contributed by atoms with Crippen LogP contribution in [-0.4, -0.2) is 27.4 Å². The summed E-state index contributed by atoms with van der Waals surface area (Å²) in [5.41, 5.74) is 0. The monoisotopic (exact) mass is 204 g/mol. The summed E-state index contributed by atoms with van der Waals surface area (Å²) >= 11 is 0. The molecule has 0 aromatic heterocycles. The molecule has 0 atom stereocenters. The van der Waals surface area contributed by atoms with E-state index in [1.165, 1.54) is 0 Å². The molecule has 0 bridgehead atoms. The van der Waals surface area contributed by atoms with Crippen LogP contribution in [0.1, 0.15) is 13.3 Å². The Hall–Kier alpha value is -0.513. The highest BCUT2D eigenvalue weighted by molar-refractivity contribution is 6.76. The van der Waals surface area contributed by atoms with Crippen molar-refractivity contribution in [3.05, 3.63) is 0 Å². The van der Waals surface area contributed by atoms with Crippen molar-refractivity contribution >= 4 is 14.2 Å². The van der Waals surface area contributed by atoms with Crippen molar-refractivity contribution in [2.45, 2.75) is 39.0 Å². The van der Waals surface area contributed by atoms with Crippen molar-refractivity contribution in [3.63, 3.8) is 0 Å². The predicted molar refractivity (Wildman–Crippen MR) is 55.7 cm³/mol. The molecule has 0 rings (SSSR count). The van der Waals surface area contributed by atoms with Crippen molar-refractivity contribution in [1.82, 2.24) is 0 Å². The first-order valence-electron chi connectivity index (χ1n) is 4.75. The average Bonchev–Trinajstić information content (AvgIpc) is 1.98. The molecule has 0 unspecified atom stereocenters. The largest absolute Gasteiger partial charge is 0.508 e. The zero-order chi connectivity index (χ0) is 10.3. The molecular weight excluding hydrogens is 184 g/mol. The van der Waals surface area contributed by atoms with Crippen LogP contribution in [-0.2, 0) is 9.47 Å². The van der Waals surface area contributed by atoms with E-state index in [1.54, 1.807) is 0 Å². The Morgan fingerprint density at radius 2 is 1.69 bits per heavy atom. The Balaban J connectivity index is 3.37. The standard InChI is InChI=1S/C9H20O3Si/c1-5-6-11-9(10)12-7-8-13(2,3)4/h5-8H2,1-4H3. The van der Waals surface area contributed by atoms with Gasteiger partial charge in [0.05, 0.1) is 13.2 Å². The molecule has 0 N–H and O–H groups in total. The van der Waals surface area contributed by atoms with Gasteiger partial charge in [-0.3, -0.25) is 0 Å². The molecule has 78 valence electrons. The number of hydrogen-bond acceptors (Lipinski definition) is 3. The average molecular weight is 204 g/mol. The highest BCUT2D eigenvalue weighted by Crippen LogP contribution is 2.07. The first-order chi connectivity index (χ1) is 5.95. The molecular formula is C9H20O3Si. The minimum Gasteiger partial charge on any atom is -0.435 e. The van der Waals surface area contributed by atoms with E-state index in [0.29, 0.717) is 13.2 Å². The topological polar surface area (TPSA) is 35.5 Å². The van der Waals surface area contributed by atoms with Crippen molar-refractivity contribution in [2.75, 3.05) is 13.2 Å². The Morgan fingerprint density at radius 1 is 1.15 bits per heavy atom. The quantitative estimate of drug-likeness (QED) is 0.510. The van der Waals surface area contributed by atoms with Crippen LogP contribution in [0.4, 0.5) is 4.79 Å². The van der Waals surface area contributed by atoms with Gasteiger partial charge in [-0.05, 0) is 12.5 Å². The molecule has 3 nitrogen and oxygen atoms in total. The summed E-state index contributed by atoms with van der Waals surface area (Å²) in [6, 6.07) is 0.994. The Morgan fingerprint density at radius 3 is 2.15 bits per heavy atom. The fourth-order valence-electron chi connectivity index (χ4n) is 0.668. The van der Waals surface area contributed by atoms with E-state index in [4.69, 9.17) is 9.47 Å².